The molecule has 0 bridgehead atoms. The molecule has 1 aliphatic heterocycles. The van der Waals surface area contributed by atoms with Crippen molar-refractivity contribution in [3.63, 3.8) is 0 Å². The number of aromatic nitrogens is 1. The number of carboxylic acids is 1. The maximum absolute atomic E-state index is 12.4. The lowest BCUT2D eigenvalue weighted by Gasteiger charge is -2.23. The molecule has 0 spiro atoms. The normalized spacial score (nSPS) is 16.4. The van der Waals surface area contributed by atoms with Gasteiger partial charge in [-0.05, 0) is 23.8 Å². The van der Waals surface area contributed by atoms with Gasteiger partial charge in [-0.25, -0.2) is 4.79 Å². The first-order chi connectivity index (χ1) is 12.4. The second-order valence-corrected chi connectivity index (χ2v) is 6.69. The van der Waals surface area contributed by atoms with Crippen LogP contribution in [-0.4, -0.2) is 22.7 Å². The number of para-hydroxylation sites is 1. The van der Waals surface area contributed by atoms with E-state index in [1.165, 1.54) is 11.6 Å². The van der Waals surface area contributed by atoms with Crippen LogP contribution in [0.25, 0.3) is 17.2 Å². The lowest BCUT2D eigenvalue weighted by Crippen LogP contribution is -2.30. The first-order valence-corrected chi connectivity index (χ1v) is 8.51. The van der Waals surface area contributed by atoms with E-state index in [9.17, 15) is 9.59 Å². The molecule has 2 heterocycles. The summed E-state index contributed by atoms with van der Waals surface area (Å²) in [4.78, 5) is 25.6. The van der Waals surface area contributed by atoms with Gasteiger partial charge in [-0.2, -0.15) is 5.26 Å². The van der Waals surface area contributed by atoms with Crippen molar-refractivity contribution in [2.45, 2.75) is 0 Å². The van der Waals surface area contributed by atoms with Crippen molar-refractivity contribution in [3.8, 4) is 6.07 Å². The minimum Gasteiger partial charge on any atom is -0.477 e. The van der Waals surface area contributed by atoms with Gasteiger partial charge in [-0.15, -0.1) is 11.3 Å². The monoisotopic (exact) mass is 365 g/mol. The molecule has 26 heavy (non-hydrogen) atoms. The second-order valence-electron chi connectivity index (χ2n) is 5.66. The molecule has 1 aromatic carbocycles. The van der Waals surface area contributed by atoms with Gasteiger partial charge in [0.25, 0.3) is 5.56 Å². The van der Waals surface area contributed by atoms with Crippen molar-refractivity contribution in [2.75, 3.05) is 11.9 Å². The van der Waals surface area contributed by atoms with Crippen LogP contribution in [-0.2, 0) is 11.8 Å². The van der Waals surface area contributed by atoms with E-state index in [0.29, 0.717) is 4.53 Å². The zero-order valence-electron chi connectivity index (χ0n) is 14.1. The van der Waals surface area contributed by atoms with Crippen LogP contribution < -0.4 is 19.7 Å². The maximum atomic E-state index is 12.4. The van der Waals surface area contributed by atoms with E-state index >= 15 is 0 Å². The highest BCUT2D eigenvalue weighted by atomic mass is 32.1. The molecule has 3 rings (SSSR count). The summed E-state index contributed by atoms with van der Waals surface area (Å²) in [6.07, 6.45) is 7.37. The van der Waals surface area contributed by atoms with Gasteiger partial charge in [0.2, 0.25) is 0 Å². The summed E-state index contributed by atoms with van der Waals surface area (Å²) in [5.41, 5.74) is 2.27. The smallest absolute Gasteiger partial charge is 0.349 e. The number of hydrogen-bond acceptors (Lipinski definition) is 5. The van der Waals surface area contributed by atoms with Crippen molar-refractivity contribution in [2.24, 2.45) is 7.05 Å². The van der Waals surface area contributed by atoms with Crippen LogP contribution in [0.3, 0.4) is 0 Å². The number of allylic oxidation sites excluding steroid dienone is 3. The fourth-order valence-electron chi connectivity index (χ4n) is 2.68. The molecule has 0 unspecified atom stereocenters. The van der Waals surface area contributed by atoms with Crippen molar-refractivity contribution < 1.29 is 9.90 Å². The molecule has 1 aromatic heterocycles. The van der Waals surface area contributed by atoms with Crippen LogP contribution in [0, 0.1) is 11.3 Å². The highest BCUT2D eigenvalue weighted by Crippen LogP contribution is 2.31. The topological polar surface area (TPSA) is 86.3 Å². The van der Waals surface area contributed by atoms with Crippen LogP contribution in [0.2, 0.25) is 0 Å². The highest BCUT2D eigenvalue weighted by molar-refractivity contribution is 7.07. The molecule has 130 valence electrons. The molecule has 0 amide bonds. The van der Waals surface area contributed by atoms with Gasteiger partial charge >= 0.3 is 5.97 Å². The van der Waals surface area contributed by atoms with Crippen molar-refractivity contribution in [3.05, 3.63) is 67.7 Å². The molecule has 1 aliphatic rings. The minimum atomic E-state index is -1.35. The third kappa shape index (κ3) is 2.98. The Balaban J connectivity index is 2.19. The second kappa shape index (κ2) is 6.86. The molecule has 0 aliphatic carbocycles. The summed E-state index contributed by atoms with van der Waals surface area (Å²) < 4.78 is 1.70. The number of benzene rings is 1. The molecule has 7 heteroatoms. The molecule has 0 fully saturated rings. The summed E-state index contributed by atoms with van der Waals surface area (Å²) in [5, 5.41) is 18.1. The van der Waals surface area contributed by atoms with Crippen LogP contribution in [0.4, 0.5) is 5.69 Å². The number of aliphatic carboxylic acids is 1. The minimum absolute atomic E-state index is 0.133. The number of fused-ring (bicyclic) bond motifs is 1. The highest BCUT2D eigenvalue weighted by Gasteiger charge is 2.13. The molecule has 2 aromatic rings. The first kappa shape index (κ1) is 17.5. The standard InChI is InChI=1S/C19H15N3O3S/c1-21-10-9-12(13-5-3-4-6-15(13)21)7-8-16-17(23)22(2)18(26-16)14(11-20)19(24)25/h3-10H,1-2H3,(H,24,25)/b12-7+,16-8+,18-14+. The fourth-order valence-corrected chi connectivity index (χ4v) is 3.71. The van der Waals surface area contributed by atoms with Crippen molar-refractivity contribution in [1.29, 1.82) is 5.26 Å². The van der Waals surface area contributed by atoms with Gasteiger partial charge in [0.15, 0.2) is 5.57 Å². The first-order valence-electron chi connectivity index (χ1n) is 7.70. The van der Waals surface area contributed by atoms with Crippen LogP contribution in [0.15, 0.2) is 47.4 Å². The zero-order chi connectivity index (χ0) is 18.8. The average molecular weight is 365 g/mol. The van der Waals surface area contributed by atoms with E-state index in [1.54, 1.807) is 12.1 Å². The predicted molar refractivity (Wildman–Crippen MR) is 102 cm³/mol. The third-order valence-electron chi connectivity index (χ3n) is 4.05. The number of rotatable bonds is 2. The Hall–Kier alpha value is -3.37. The van der Waals surface area contributed by atoms with Gasteiger partial charge in [0.05, 0.1) is 4.53 Å². The Kier molecular flexibility index (Phi) is 4.61. The fraction of sp³-hybridized carbons (Fsp3) is 0.105. The molecule has 0 radical (unpaired) electrons. The molecule has 0 saturated carbocycles. The number of carboxylic acid groups (broad SMARTS) is 1. The molecule has 1 N–H and O–H groups in total. The Morgan fingerprint density at radius 3 is 2.69 bits per heavy atom. The molecule has 0 atom stereocenters. The van der Waals surface area contributed by atoms with Crippen LogP contribution >= 0.6 is 11.3 Å². The van der Waals surface area contributed by atoms with Crippen molar-refractivity contribution in [1.82, 2.24) is 4.57 Å². The number of anilines is 1. The lowest BCUT2D eigenvalue weighted by molar-refractivity contribution is -0.130. The van der Waals surface area contributed by atoms with Gasteiger partial charge in [0, 0.05) is 31.5 Å². The Morgan fingerprint density at radius 1 is 1.27 bits per heavy atom. The number of thiazole rings is 1. The Labute approximate surface area is 153 Å². The molecule has 0 saturated heterocycles. The van der Waals surface area contributed by atoms with Crippen molar-refractivity contribution >= 4 is 40.2 Å². The summed E-state index contributed by atoms with van der Waals surface area (Å²) in [5.74, 6) is -1.35. The molecular formula is C19H15N3O3S. The number of nitrogens with zero attached hydrogens (tertiary/aromatic N) is 3. The SMILES string of the molecule is CN1C=C/C(=C\C=c2\s/c(=C(\C#N)C(=O)O)n(C)c2=O)c2ccccc21. The number of nitriles is 1. The van der Waals surface area contributed by atoms with Gasteiger partial charge in [-0.3, -0.25) is 4.79 Å². The number of hydrogen-bond donors (Lipinski definition) is 1. The molecule has 6 nitrogen and oxygen atoms in total. The maximum Gasteiger partial charge on any atom is 0.349 e. The van der Waals surface area contributed by atoms with Crippen LogP contribution in [0.5, 0.6) is 0 Å². The lowest BCUT2D eigenvalue weighted by atomic mass is 10.00. The average Bonchev–Trinajstić information content (AvgIpc) is 2.90. The summed E-state index contributed by atoms with van der Waals surface area (Å²) in [6.45, 7) is 0. The van der Waals surface area contributed by atoms with E-state index in [1.807, 2.05) is 54.6 Å². The summed E-state index contributed by atoms with van der Waals surface area (Å²) in [7, 11) is 3.42. The number of carbonyl (C=O) groups is 1. The summed E-state index contributed by atoms with van der Waals surface area (Å²) in [6, 6.07) is 9.56. The third-order valence-corrected chi connectivity index (χ3v) is 5.26. The quantitative estimate of drug-likeness (QED) is 0.859. The van der Waals surface area contributed by atoms with Gasteiger partial charge < -0.3 is 14.6 Å². The Bertz CT molecular complexity index is 1180. The van der Waals surface area contributed by atoms with Gasteiger partial charge in [0.1, 0.15) is 10.7 Å². The summed E-state index contributed by atoms with van der Waals surface area (Å²) >= 11 is 0.993. The zero-order valence-corrected chi connectivity index (χ0v) is 14.9. The van der Waals surface area contributed by atoms with E-state index in [2.05, 4.69) is 0 Å². The van der Waals surface area contributed by atoms with Gasteiger partial charge in [-0.1, -0.05) is 24.3 Å². The largest absolute Gasteiger partial charge is 0.477 e. The molecular weight excluding hydrogens is 350 g/mol. The van der Waals surface area contributed by atoms with E-state index in [4.69, 9.17) is 10.4 Å². The predicted octanol–water partition coefficient (Wildman–Crippen LogP) is 1.03. The van der Waals surface area contributed by atoms with E-state index in [0.717, 1.165) is 28.2 Å². The van der Waals surface area contributed by atoms with Crippen LogP contribution in [0.1, 0.15) is 5.56 Å². The van der Waals surface area contributed by atoms with E-state index in [-0.39, 0.29) is 10.2 Å². The Morgan fingerprint density at radius 2 is 2.00 bits per heavy atom. The van der Waals surface area contributed by atoms with E-state index < -0.39 is 11.5 Å².